The van der Waals surface area contributed by atoms with Gasteiger partial charge >= 0.3 is 0 Å². The van der Waals surface area contributed by atoms with Crippen LogP contribution >= 0.6 is 0 Å². The summed E-state index contributed by atoms with van der Waals surface area (Å²) < 4.78 is 13.8. The van der Waals surface area contributed by atoms with E-state index in [4.69, 9.17) is 0 Å². The van der Waals surface area contributed by atoms with Gasteiger partial charge in [0.15, 0.2) is 0 Å². The summed E-state index contributed by atoms with van der Waals surface area (Å²) in [6.45, 7) is 3.57. The van der Waals surface area contributed by atoms with Gasteiger partial charge in [-0.15, -0.1) is 0 Å². The highest BCUT2D eigenvalue weighted by Gasteiger charge is 2.23. The third kappa shape index (κ3) is 4.53. The second-order valence-electron chi connectivity index (χ2n) is 5.68. The van der Waals surface area contributed by atoms with Crippen LogP contribution in [0.2, 0.25) is 0 Å². The van der Waals surface area contributed by atoms with E-state index < -0.39 is 11.7 Å². The van der Waals surface area contributed by atoms with E-state index in [1.54, 1.807) is 23.1 Å². The lowest BCUT2D eigenvalue weighted by atomic mass is 10.2. The summed E-state index contributed by atoms with van der Waals surface area (Å²) in [5, 5.41) is 2.36. The molecule has 1 heterocycles. The molecular weight excluding hydrogens is 313 g/mol. The largest absolute Gasteiger partial charge is 0.366 e. The Morgan fingerprint density at radius 2 is 1.79 bits per heavy atom. The van der Waals surface area contributed by atoms with Gasteiger partial charge in [-0.2, -0.15) is 0 Å². The number of carbonyl (C=O) groups excluding carboxylic acids is 3. The molecule has 1 aliphatic rings. The fourth-order valence-corrected chi connectivity index (χ4v) is 2.61. The van der Waals surface area contributed by atoms with E-state index in [0.717, 1.165) is 0 Å². The number of anilines is 1. The van der Waals surface area contributed by atoms with Crippen LogP contribution in [0.5, 0.6) is 0 Å². The molecular formula is C17H22FN3O3. The van der Waals surface area contributed by atoms with Crippen LogP contribution < -0.4 is 10.2 Å². The number of hydrogen-bond acceptors (Lipinski definition) is 4. The lowest BCUT2D eigenvalue weighted by Crippen LogP contribution is -2.51. The van der Waals surface area contributed by atoms with Gasteiger partial charge < -0.3 is 15.1 Å². The fraction of sp³-hybridized carbons (Fsp3) is 0.471. The van der Waals surface area contributed by atoms with Crippen molar-refractivity contribution in [3.05, 3.63) is 30.1 Å². The minimum absolute atomic E-state index is 0.182. The van der Waals surface area contributed by atoms with Gasteiger partial charge in [-0.1, -0.05) is 19.1 Å². The SMILES string of the molecule is CCCC(=O)C(=O)NCC(=O)N1CCN(c2ccccc2F)CC1. The molecule has 24 heavy (non-hydrogen) atoms. The van der Waals surface area contributed by atoms with E-state index in [0.29, 0.717) is 38.3 Å². The highest BCUT2D eigenvalue weighted by molar-refractivity contribution is 6.36. The van der Waals surface area contributed by atoms with E-state index in [-0.39, 0.29) is 24.7 Å². The second kappa shape index (κ2) is 8.42. The fourth-order valence-electron chi connectivity index (χ4n) is 2.61. The minimum atomic E-state index is -0.713. The first-order valence-electron chi connectivity index (χ1n) is 8.11. The Balaban J connectivity index is 1.80. The lowest BCUT2D eigenvalue weighted by molar-refractivity contribution is -0.139. The van der Waals surface area contributed by atoms with Crippen molar-refractivity contribution in [3.8, 4) is 0 Å². The average Bonchev–Trinajstić information content (AvgIpc) is 2.60. The first kappa shape index (κ1) is 17.9. The zero-order valence-corrected chi connectivity index (χ0v) is 13.8. The predicted octanol–water partition coefficient (Wildman–Crippen LogP) is 0.960. The number of amides is 2. The number of Topliss-reactive ketones (excluding diaryl/α,β-unsaturated/α-hetero) is 1. The van der Waals surface area contributed by atoms with Crippen molar-refractivity contribution in [3.63, 3.8) is 0 Å². The molecule has 0 bridgehead atoms. The monoisotopic (exact) mass is 335 g/mol. The molecule has 1 saturated heterocycles. The van der Waals surface area contributed by atoms with Crippen molar-refractivity contribution in [1.29, 1.82) is 0 Å². The molecule has 0 unspecified atom stereocenters. The van der Waals surface area contributed by atoms with Gasteiger partial charge in [-0.25, -0.2) is 4.39 Å². The normalized spacial score (nSPS) is 14.4. The Morgan fingerprint density at radius 3 is 2.42 bits per heavy atom. The Morgan fingerprint density at radius 1 is 1.12 bits per heavy atom. The molecule has 7 heteroatoms. The molecule has 0 aliphatic carbocycles. The van der Waals surface area contributed by atoms with Crippen LogP contribution in [-0.4, -0.2) is 55.2 Å². The molecule has 1 aromatic carbocycles. The summed E-state index contributed by atoms with van der Waals surface area (Å²) in [5.74, 6) is -1.73. The maximum atomic E-state index is 13.8. The second-order valence-corrected chi connectivity index (χ2v) is 5.68. The average molecular weight is 335 g/mol. The summed E-state index contributed by atoms with van der Waals surface area (Å²) in [7, 11) is 0. The zero-order chi connectivity index (χ0) is 17.5. The van der Waals surface area contributed by atoms with Gasteiger partial charge in [0.05, 0.1) is 12.2 Å². The highest BCUT2D eigenvalue weighted by atomic mass is 19.1. The van der Waals surface area contributed by atoms with Crippen LogP contribution in [0.4, 0.5) is 10.1 Å². The molecule has 0 radical (unpaired) electrons. The molecule has 1 N–H and O–H groups in total. The van der Waals surface area contributed by atoms with Gasteiger partial charge in [-0.05, 0) is 18.6 Å². The molecule has 130 valence electrons. The molecule has 0 spiro atoms. The summed E-state index contributed by atoms with van der Waals surface area (Å²) in [4.78, 5) is 38.5. The van der Waals surface area contributed by atoms with E-state index in [1.165, 1.54) is 6.07 Å². The summed E-state index contributed by atoms with van der Waals surface area (Å²) in [6.07, 6.45) is 0.777. The van der Waals surface area contributed by atoms with Gasteiger partial charge in [0.25, 0.3) is 5.91 Å². The topological polar surface area (TPSA) is 69.7 Å². The molecule has 0 aromatic heterocycles. The van der Waals surface area contributed by atoms with Crippen molar-refractivity contribution in [1.82, 2.24) is 10.2 Å². The lowest BCUT2D eigenvalue weighted by Gasteiger charge is -2.36. The maximum absolute atomic E-state index is 13.8. The Kier molecular flexibility index (Phi) is 6.28. The number of halogens is 1. The maximum Gasteiger partial charge on any atom is 0.287 e. The molecule has 0 saturated carbocycles. The van der Waals surface area contributed by atoms with Crippen molar-refractivity contribution in [2.75, 3.05) is 37.6 Å². The van der Waals surface area contributed by atoms with E-state index >= 15 is 0 Å². The number of benzene rings is 1. The zero-order valence-electron chi connectivity index (χ0n) is 13.8. The van der Waals surface area contributed by atoms with E-state index in [9.17, 15) is 18.8 Å². The number of carbonyl (C=O) groups is 3. The van der Waals surface area contributed by atoms with Crippen LogP contribution in [0, 0.1) is 5.82 Å². The Hall–Kier alpha value is -2.44. The highest BCUT2D eigenvalue weighted by Crippen LogP contribution is 2.20. The number of hydrogen-bond donors (Lipinski definition) is 1. The first-order valence-corrected chi connectivity index (χ1v) is 8.11. The molecule has 2 rings (SSSR count). The minimum Gasteiger partial charge on any atom is -0.366 e. The molecule has 0 atom stereocenters. The molecule has 2 amide bonds. The number of para-hydroxylation sites is 1. The van der Waals surface area contributed by atoms with Crippen LogP contribution in [0.25, 0.3) is 0 Å². The summed E-state index contributed by atoms with van der Waals surface area (Å²) >= 11 is 0. The van der Waals surface area contributed by atoms with Crippen molar-refractivity contribution in [2.24, 2.45) is 0 Å². The number of nitrogens with one attached hydrogen (secondary N) is 1. The van der Waals surface area contributed by atoms with E-state index in [2.05, 4.69) is 5.32 Å². The standard InChI is InChI=1S/C17H22FN3O3/c1-2-5-15(22)17(24)19-12-16(23)21-10-8-20(9-11-21)14-7-4-3-6-13(14)18/h3-4,6-7H,2,5,8-12H2,1H3,(H,19,24). The Labute approximate surface area is 140 Å². The van der Waals surface area contributed by atoms with Gasteiger partial charge in [0.1, 0.15) is 5.82 Å². The van der Waals surface area contributed by atoms with Crippen molar-refractivity contribution < 1.29 is 18.8 Å². The molecule has 1 fully saturated rings. The molecule has 1 aromatic rings. The smallest absolute Gasteiger partial charge is 0.287 e. The van der Waals surface area contributed by atoms with Crippen molar-refractivity contribution >= 4 is 23.3 Å². The van der Waals surface area contributed by atoms with Crippen LogP contribution in [0.1, 0.15) is 19.8 Å². The predicted molar refractivity (Wildman–Crippen MR) is 88.1 cm³/mol. The number of nitrogens with zero attached hydrogens (tertiary/aromatic N) is 2. The number of rotatable bonds is 6. The number of piperazine rings is 1. The van der Waals surface area contributed by atoms with Crippen LogP contribution in [0.3, 0.4) is 0 Å². The van der Waals surface area contributed by atoms with Crippen LogP contribution in [0.15, 0.2) is 24.3 Å². The number of ketones is 1. The molecule has 6 nitrogen and oxygen atoms in total. The van der Waals surface area contributed by atoms with Gasteiger partial charge in [0, 0.05) is 32.6 Å². The van der Waals surface area contributed by atoms with E-state index in [1.807, 2.05) is 11.8 Å². The quantitative estimate of drug-likeness (QED) is 0.786. The Bertz CT molecular complexity index is 613. The van der Waals surface area contributed by atoms with Crippen LogP contribution in [-0.2, 0) is 14.4 Å². The molecule has 1 aliphatic heterocycles. The summed E-state index contributed by atoms with van der Waals surface area (Å²) in [5.41, 5.74) is 0.531. The summed E-state index contributed by atoms with van der Waals surface area (Å²) in [6, 6.07) is 6.54. The van der Waals surface area contributed by atoms with Gasteiger partial charge in [0.2, 0.25) is 11.7 Å². The van der Waals surface area contributed by atoms with Crippen molar-refractivity contribution in [2.45, 2.75) is 19.8 Å². The van der Waals surface area contributed by atoms with Gasteiger partial charge in [-0.3, -0.25) is 14.4 Å². The third-order valence-electron chi connectivity index (χ3n) is 3.96. The first-order chi connectivity index (χ1) is 11.5. The third-order valence-corrected chi connectivity index (χ3v) is 3.96.